The first-order valence-electron chi connectivity index (χ1n) is 11.5. The Hall–Kier alpha value is -2.45. The van der Waals surface area contributed by atoms with Gasteiger partial charge >= 0.3 is 6.03 Å². The number of hydrogen-bond donors (Lipinski definition) is 1. The minimum absolute atomic E-state index is 0.224. The lowest BCUT2D eigenvalue weighted by Crippen LogP contribution is -2.53. The number of rotatable bonds is 5. The number of anilines is 1. The molecule has 166 valence electrons. The van der Waals surface area contributed by atoms with Crippen LogP contribution in [-0.4, -0.2) is 70.1 Å². The quantitative estimate of drug-likeness (QED) is 0.798. The van der Waals surface area contributed by atoms with Crippen molar-refractivity contribution in [3.8, 4) is 0 Å². The molecule has 0 spiro atoms. The van der Waals surface area contributed by atoms with E-state index in [1.54, 1.807) is 15.6 Å². The van der Waals surface area contributed by atoms with E-state index in [1.807, 2.05) is 6.20 Å². The minimum atomic E-state index is -0.373. The molecular weight excluding hydrogens is 392 g/mol. The summed E-state index contributed by atoms with van der Waals surface area (Å²) < 4.78 is 1.79. The van der Waals surface area contributed by atoms with Crippen molar-refractivity contribution in [1.82, 2.24) is 24.7 Å². The number of nitrogens with zero attached hydrogens (tertiary/aromatic N) is 5. The van der Waals surface area contributed by atoms with E-state index < -0.39 is 0 Å². The molecule has 2 saturated heterocycles. The molecule has 1 saturated carbocycles. The summed E-state index contributed by atoms with van der Waals surface area (Å²) in [5, 5.41) is 6.79. The number of urea groups is 1. The van der Waals surface area contributed by atoms with Crippen LogP contribution < -0.4 is 10.2 Å². The smallest absolute Gasteiger partial charge is 0.298 e. The molecule has 8 heteroatoms. The molecule has 5 rings (SSSR count). The Morgan fingerprint density at radius 2 is 2.00 bits per heavy atom. The molecule has 3 amide bonds. The van der Waals surface area contributed by atoms with Crippen molar-refractivity contribution in [3.63, 3.8) is 0 Å². The Labute approximate surface area is 183 Å². The molecule has 4 heterocycles. The molecule has 2 aromatic rings. The zero-order valence-corrected chi connectivity index (χ0v) is 18.5. The molecule has 0 unspecified atom stereocenters. The van der Waals surface area contributed by atoms with Gasteiger partial charge in [-0.15, -0.1) is 0 Å². The zero-order valence-electron chi connectivity index (χ0n) is 18.5. The standard InChI is InChI=1S/C23H32N6O2/c1-16-9-19(10-16)15-27-8-7-26(13-17(27)2)14-18-3-6-29-20(11-18)21(12-24-29)28-5-4-22(30)25-23(28)31/h3,6,11-12,16-17,19H,4-5,7-10,13-15H2,1-2H3,(H,25,30,31)/t16-,17-,19-/m0/s1. The first-order valence-corrected chi connectivity index (χ1v) is 11.5. The van der Waals surface area contributed by atoms with Crippen LogP contribution in [0.15, 0.2) is 24.5 Å². The molecule has 31 heavy (non-hydrogen) atoms. The Morgan fingerprint density at radius 3 is 2.74 bits per heavy atom. The number of carbonyl (C=O) groups is 2. The van der Waals surface area contributed by atoms with Gasteiger partial charge in [0.15, 0.2) is 0 Å². The fourth-order valence-corrected chi connectivity index (χ4v) is 5.41. The van der Waals surface area contributed by atoms with Gasteiger partial charge in [0.25, 0.3) is 0 Å². The van der Waals surface area contributed by atoms with Gasteiger partial charge < -0.3 is 0 Å². The van der Waals surface area contributed by atoms with Crippen LogP contribution in [0, 0.1) is 11.8 Å². The molecule has 0 radical (unpaired) electrons. The number of pyridine rings is 1. The number of carbonyl (C=O) groups excluding carboxylic acids is 2. The Balaban J connectivity index is 1.25. The van der Waals surface area contributed by atoms with Crippen LogP contribution >= 0.6 is 0 Å². The van der Waals surface area contributed by atoms with Crippen LogP contribution in [0.3, 0.4) is 0 Å². The van der Waals surface area contributed by atoms with Crippen LogP contribution in [-0.2, 0) is 11.3 Å². The maximum absolute atomic E-state index is 12.3. The lowest BCUT2D eigenvalue weighted by atomic mass is 9.76. The number of fused-ring (bicyclic) bond motifs is 1. The molecule has 3 aliphatic rings. The van der Waals surface area contributed by atoms with Crippen molar-refractivity contribution in [2.45, 2.75) is 45.7 Å². The number of amides is 3. The summed E-state index contributed by atoms with van der Waals surface area (Å²) in [7, 11) is 0. The highest BCUT2D eigenvalue weighted by Gasteiger charge is 2.31. The summed E-state index contributed by atoms with van der Waals surface area (Å²) in [6.45, 7) is 10.5. The van der Waals surface area contributed by atoms with Gasteiger partial charge in [0.1, 0.15) is 0 Å². The first-order chi connectivity index (χ1) is 15.0. The highest BCUT2D eigenvalue weighted by atomic mass is 16.2. The Kier molecular flexibility index (Phi) is 5.44. The Morgan fingerprint density at radius 1 is 1.16 bits per heavy atom. The second-order valence-electron chi connectivity index (χ2n) is 9.67. The molecule has 0 bridgehead atoms. The number of nitrogens with one attached hydrogen (secondary N) is 1. The van der Waals surface area contributed by atoms with E-state index in [0.29, 0.717) is 19.0 Å². The summed E-state index contributed by atoms with van der Waals surface area (Å²) in [5.74, 6) is 1.59. The second kappa shape index (κ2) is 8.24. The van der Waals surface area contributed by atoms with Gasteiger partial charge in [-0.05, 0) is 49.3 Å². The summed E-state index contributed by atoms with van der Waals surface area (Å²) in [6, 6.07) is 4.44. The van der Waals surface area contributed by atoms with E-state index in [2.05, 4.69) is 46.2 Å². The maximum atomic E-state index is 12.3. The fourth-order valence-electron chi connectivity index (χ4n) is 5.41. The summed E-state index contributed by atoms with van der Waals surface area (Å²) in [4.78, 5) is 30.6. The zero-order chi connectivity index (χ0) is 21.5. The van der Waals surface area contributed by atoms with Crippen molar-refractivity contribution in [2.24, 2.45) is 11.8 Å². The van der Waals surface area contributed by atoms with Gasteiger partial charge in [0.2, 0.25) is 5.91 Å². The normalized spacial score (nSPS) is 28.1. The number of imide groups is 1. The lowest BCUT2D eigenvalue weighted by Gasteiger charge is -2.44. The average molecular weight is 425 g/mol. The molecule has 1 atom stereocenters. The average Bonchev–Trinajstić information content (AvgIpc) is 3.12. The third kappa shape index (κ3) is 4.19. The van der Waals surface area contributed by atoms with E-state index in [1.165, 1.54) is 24.9 Å². The van der Waals surface area contributed by atoms with Gasteiger partial charge in [0.05, 0.1) is 17.4 Å². The van der Waals surface area contributed by atoms with Crippen molar-refractivity contribution in [2.75, 3.05) is 37.6 Å². The van der Waals surface area contributed by atoms with Crippen molar-refractivity contribution >= 4 is 23.1 Å². The van der Waals surface area contributed by atoms with Crippen molar-refractivity contribution in [1.29, 1.82) is 0 Å². The van der Waals surface area contributed by atoms with Crippen LogP contribution in [0.25, 0.3) is 5.52 Å². The molecule has 2 aliphatic heterocycles. The first kappa shape index (κ1) is 20.5. The summed E-state index contributed by atoms with van der Waals surface area (Å²) in [6.07, 6.45) is 6.76. The highest BCUT2D eigenvalue weighted by molar-refractivity contribution is 6.07. The van der Waals surface area contributed by atoms with Gasteiger partial charge in [-0.25, -0.2) is 9.31 Å². The number of piperazine rings is 1. The Bertz CT molecular complexity index is 982. The van der Waals surface area contributed by atoms with E-state index in [0.717, 1.165) is 49.2 Å². The molecule has 8 nitrogen and oxygen atoms in total. The van der Waals surface area contributed by atoms with Gasteiger partial charge in [-0.2, -0.15) is 5.10 Å². The molecule has 0 aromatic carbocycles. The lowest BCUT2D eigenvalue weighted by molar-refractivity contribution is -0.120. The van der Waals surface area contributed by atoms with Crippen molar-refractivity contribution in [3.05, 3.63) is 30.1 Å². The summed E-state index contributed by atoms with van der Waals surface area (Å²) in [5.41, 5.74) is 2.86. The van der Waals surface area contributed by atoms with Gasteiger partial charge in [-0.1, -0.05) is 6.92 Å². The highest BCUT2D eigenvalue weighted by Crippen LogP contribution is 2.34. The fraction of sp³-hybridized carbons (Fsp3) is 0.609. The third-order valence-corrected chi connectivity index (χ3v) is 7.13. The predicted molar refractivity (Wildman–Crippen MR) is 119 cm³/mol. The van der Waals surface area contributed by atoms with Gasteiger partial charge in [-0.3, -0.25) is 24.8 Å². The monoisotopic (exact) mass is 424 g/mol. The molecular formula is C23H32N6O2. The largest absolute Gasteiger partial charge is 0.328 e. The molecule has 1 N–H and O–H groups in total. The van der Waals surface area contributed by atoms with E-state index >= 15 is 0 Å². The molecule has 3 fully saturated rings. The summed E-state index contributed by atoms with van der Waals surface area (Å²) >= 11 is 0. The molecule has 2 aromatic heterocycles. The van der Waals surface area contributed by atoms with E-state index in [-0.39, 0.29) is 11.9 Å². The predicted octanol–water partition coefficient (Wildman–Crippen LogP) is 2.33. The van der Waals surface area contributed by atoms with Crippen LogP contribution in [0.2, 0.25) is 0 Å². The number of hydrogen-bond acceptors (Lipinski definition) is 5. The van der Waals surface area contributed by atoms with Gasteiger partial charge in [0, 0.05) is 57.9 Å². The molecule has 1 aliphatic carbocycles. The number of aromatic nitrogens is 2. The van der Waals surface area contributed by atoms with Crippen LogP contribution in [0.4, 0.5) is 10.5 Å². The van der Waals surface area contributed by atoms with Crippen LogP contribution in [0.1, 0.15) is 38.7 Å². The second-order valence-corrected chi connectivity index (χ2v) is 9.67. The van der Waals surface area contributed by atoms with E-state index in [4.69, 9.17) is 0 Å². The maximum Gasteiger partial charge on any atom is 0.328 e. The van der Waals surface area contributed by atoms with E-state index in [9.17, 15) is 9.59 Å². The topological polar surface area (TPSA) is 73.2 Å². The minimum Gasteiger partial charge on any atom is -0.298 e. The van der Waals surface area contributed by atoms with Crippen LogP contribution in [0.5, 0.6) is 0 Å². The third-order valence-electron chi connectivity index (χ3n) is 7.13. The van der Waals surface area contributed by atoms with Crippen molar-refractivity contribution < 1.29 is 9.59 Å². The SMILES string of the molecule is C[C@H]1CN(Cc2ccn3ncc(N4CCC(=O)NC4=O)c3c2)CCN1C[C@H]1C[C@H](C)C1.